The van der Waals surface area contributed by atoms with Crippen molar-refractivity contribution in [3.8, 4) is 11.5 Å². The molecule has 0 aliphatic carbocycles. The number of carbonyl (C=O) groups is 2. The first-order chi connectivity index (χ1) is 22.3. The van der Waals surface area contributed by atoms with Crippen LogP contribution >= 0.6 is 11.8 Å². The Hall–Kier alpha value is -4.81. The van der Waals surface area contributed by atoms with E-state index in [2.05, 4.69) is 15.8 Å². The normalized spacial score (nSPS) is 11.2. The van der Waals surface area contributed by atoms with Gasteiger partial charge in [0, 0.05) is 11.4 Å². The highest BCUT2D eigenvalue weighted by molar-refractivity contribution is 7.98. The maximum atomic E-state index is 13.6. The average molecular weight is 661 g/mol. The number of ether oxygens (including phenoxy) is 2. The predicted molar refractivity (Wildman–Crippen MR) is 181 cm³/mol. The van der Waals surface area contributed by atoms with Crippen LogP contribution in [-0.4, -0.2) is 59.0 Å². The zero-order chi connectivity index (χ0) is 32.8. The zero-order valence-electron chi connectivity index (χ0n) is 25.6. The van der Waals surface area contributed by atoms with Gasteiger partial charge < -0.3 is 14.8 Å². The minimum atomic E-state index is -4.08. The summed E-state index contributed by atoms with van der Waals surface area (Å²) in [7, 11) is -4.08. The van der Waals surface area contributed by atoms with E-state index in [1.165, 1.54) is 30.1 Å². The van der Waals surface area contributed by atoms with Crippen LogP contribution in [0.4, 0.5) is 5.69 Å². The van der Waals surface area contributed by atoms with Crippen molar-refractivity contribution in [2.75, 3.05) is 36.9 Å². The number of nitrogens with one attached hydrogen (secondary N) is 2. The molecular formula is C34H36N4O6S2. The monoisotopic (exact) mass is 660 g/mol. The first-order valence-electron chi connectivity index (χ1n) is 14.5. The number of benzene rings is 4. The van der Waals surface area contributed by atoms with Crippen molar-refractivity contribution in [1.82, 2.24) is 10.7 Å². The van der Waals surface area contributed by atoms with Crippen molar-refractivity contribution >= 4 is 45.5 Å². The third kappa shape index (κ3) is 10.1. The van der Waals surface area contributed by atoms with Crippen LogP contribution in [0.15, 0.2) is 118 Å². The van der Waals surface area contributed by atoms with E-state index in [1.807, 2.05) is 43.5 Å². The summed E-state index contributed by atoms with van der Waals surface area (Å²) < 4.78 is 39.4. The highest BCUT2D eigenvalue weighted by Crippen LogP contribution is 2.27. The molecule has 4 rings (SSSR count). The molecule has 0 aromatic heterocycles. The van der Waals surface area contributed by atoms with Crippen molar-refractivity contribution in [3.63, 3.8) is 0 Å². The van der Waals surface area contributed by atoms with Gasteiger partial charge in [0.15, 0.2) is 6.61 Å². The van der Waals surface area contributed by atoms with Gasteiger partial charge in [0.1, 0.15) is 18.0 Å². The van der Waals surface area contributed by atoms with E-state index in [-0.39, 0.29) is 17.4 Å². The van der Waals surface area contributed by atoms with Crippen LogP contribution in [-0.2, 0) is 26.0 Å². The molecule has 2 N–H and O–H groups in total. The first-order valence-corrected chi connectivity index (χ1v) is 17.2. The molecule has 4 aromatic carbocycles. The number of anilines is 1. The molecule has 0 fully saturated rings. The van der Waals surface area contributed by atoms with Crippen molar-refractivity contribution in [1.29, 1.82) is 0 Å². The number of sulfonamides is 1. The second kappa shape index (κ2) is 17.0. The van der Waals surface area contributed by atoms with E-state index in [0.717, 1.165) is 21.2 Å². The predicted octanol–water partition coefficient (Wildman–Crippen LogP) is 4.89. The van der Waals surface area contributed by atoms with Crippen LogP contribution in [0.2, 0.25) is 0 Å². The van der Waals surface area contributed by atoms with Crippen LogP contribution in [0, 0.1) is 0 Å². The second-order valence-corrected chi connectivity index (χ2v) is 12.6. The van der Waals surface area contributed by atoms with E-state index in [0.29, 0.717) is 35.9 Å². The van der Waals surface area contributed by atoms with Crippen LogP contribution in [0.5, 0.6) is 11.5 Å². The van der Waals surface area contributed by atoms with E-state index >= 15 is 0 Å². The number of hydrogen-bond acceptors (Lipinski definition) is 8. The fourth-order valence-corrected chi connectivity index (χ4v) is 6.08. The number of hydrazone groups is 1. The molecule has 0 spiro atoms. The Bertz CT molecular complexity index is 1700. The minimum absolute atomic E-state index is 0.0578. The molecule has 46 heavy (non-hydrogen) atoms. The van der Waals surface area contributed by atoms with Gasteiger partial charge >= 0.3 is 0 Å². The van der Waals surface area contributed by atoms with Crippen molar-refractivity contribution in [3.05, 3.63) is 114 Å². The Morgan fingerprint density at radius 1 is 0.848 bits per heavy atom. The van der Waals surface area contributed by atoms with Gasteiger partial charge in [-0.2, -0.15) is 5.10 Å². The van der Waals surface area contributed by atoms with Gasteiger partial charge in [-0.25, -0.2) is 13.8 Å². The maximum absolute atomic E-state index is 13.6. The van der Waals surface area contributed by atoms with E-state index in [1.54, 1.807) is 60.7 Å². The molecule has 0 saturated carbocycles. The van der Waals surface area contributed by atoms with Crippen LogP contribution in [0.3, 0.4) is 0 Å². The maximum Gasteiger partial charge on any atom is 0.264 e. The fraction of sp³-hybridized carbons (Fsp3) is 0.206. The van der Waals surface area contributed by atoms with Gasteiger partial charge in [-0.05, 0) is 104 Å². The summed E-state index contributed by atoms with van der Waals surface area (Å²) in [5.41, 5.74) is 4.51. The molecule has 4 aromatic rings. The Balaban J connectivity index is 1.32. The number of amides is 2. The molecule has 240 valence electrons. The smallest absolute Gasteiger partial charge is 0.264 e. The number of rotatable bonds is 16. The lowest BCUT2D eigenvalue weighted by Crippen LogP contribution is -2.39. The summed E-state index contributed by atoms with van der Waals surface area (Å²) in [5.74, 6) is 0.233. The highest BCUT2D eigenvalue weighted by atomic mass is 32.2. The molecule has 0 bridgehead atoms. The van der Waals surface area contributed by atoms with Crippen LogP contribution < -0.4 is 24.5 Å². The van der Waals surface area contributed by atoms with Crippen molar-refractivity contribution in [2.24, 2.45) is 5.10 Å². The molecule has 0 unspecified atom stereocenters. The number of nitrogens with zero attached hydrogens (tertiary/aromatic N) is 2. The van der Waals surface area contributed by atoms with Crippen LogP contribution in [0.1, 0.15) is 18.1 Å². The first kappa shape index (κ1) is 34.1. The van der Waals surface area contributed by atoms with E-state index < -0.39 is 22.5 Å². The molecule has 0 aliphatic heterocycles. The standard InChI is InChI=1S/C34H36N4O6S2/c1-3-43-29-15-11-28(12-16-29)38(46(41,42)32-19-17-31(45-2)18-20-32)24-33(39)37-36-23-27-9-13-30(14-10-27)44-25-34(40)35-22-21-26-7-5-4-6-8-26/h4-20,23H,3,21-22,24-25H2,1-2H3,(H,35,40)(H,37,39)/b36-23+. The molecule has 12 heteroatoms. The Labute approximate surface area is 273 Å². The summed E-state index contributed by atoms with van der Waals surface area (Å²) in [5, 5.41) is 6.83. The SMILES string of the molecule is CCOc1ccc(N(CC(=O)N/N=C/c2ccc(OCC(=O)NCCc3ccccc3)cc2)S(=O)(=O)c2ccc(SC)cc2)cc1. The summed E-state index contributed by atoms with van der Waals surface area (Å²) in [6.45, 7) is 2.21. The zero-order valence-corrected chi connectivity index (χ0v) is 27.2. The molecule has 0 radical (unpaired) electrons. The summed E-state index contributed by atoms with van der Waals surface area (Å²) in [6.07, 6.45) is 4.06. The number of hydrogen-bond donors (Lipinski definition) is 2. The Morgan fingerprint density at radius 2 is 1.50 bits per heavy atom. The van der Waals surface area contributed by atoms with E-state index in [4.69, 9.17) is 9.47 Å². The van der Waals surface area contributed by atoms with Crippen molar-refractivity contribution in [2.45, 2.75) is 23.1 Å². The molecule has 0 aliphatic rings. The average Bonchev–Trinajstić information content (AvgIpc) is 3.08. The highest BCUT2D eigenvalue weighted by Gasteiger charge is 2.27. The van der Waals surface area contributed by atoms with Crippen LogP contribution in [0.25, 0.3) is 0 Å². The summed E-state index contributed by atoms with van der Waals surface area (Å²) >= 11 is 1.50. The number of carbonyl (C=O) groups excluding carboxylic acids is 2. The Morgan fingerprint density at radius 3 is 2.15 bits per heavy atom. The van der Waals surface area contributed by atoms with Gasteiger partial charge in [0.05, 0.1) is 23.4 Å². The summed E-state index contributed by atoms with van der Waals surface area (Å²) in [6, 6.07) is 29.6. The third-order valence-electron chi connectivity index (χ3n) is 6.60. The van der Waals surface area contributed by atoms with Crippen molar-refractivity contribution < 1.29 is 27.5 Å². The second-order valence-electron chi connectivity index (χ2n) is 9.85. The lowest BCUT2D eigenvalue weighted by atomic mass is 10.1. The molecular weight excluding hydrogens is 625 g/mol. The lowest BCUT2D eigenvalue weighted by Gasteiger charge is -2.24. The molecule has 10 nitrogen and oxygen atoms in total. The van der Waals surface area contributed by atoms with Gasteiger partial charge in [-0.15, -0.1) is 11.8 Å². The quantitative estimate of drug-likeness (QED) is 0.0996. The van der Waals surface area contributed by atoms with Gasteiger partial charge in [0.2, 0.25) is 0 Å². The van der Waals surface area contributed by atoms with Gasteiger partial charge in [-0.3, -0.25) is 13.9 Å². The molecule has 0 heterocycles. The Kier molecular flexibility index (Phi) is 12.6. The lowest BCUT2D eigenvalue weighted by molar-refractivity contribution is -0.123. The topological polar surface area (TPSA) is 126 Å². The molecule has 0 atom stereocenters. The molecule has 0 saturated heterocycles. The van der Waals surface area contributed by atoms with Gasteiger partial charge in [0.25, 0.3) is 21.8 Å². The fourth-order valence-electron chi connectivity index (χ4n) is 4.25. The number of thioether (sulfide) groups is 1. The summed E-state index contributed by atoms with van der Waals surface area (Å²) in [4.78, 5) is 26.0. The minimum Gasteiger partial charge on any atom is -0.494 e. The largest absolute Gasteiger partial charge is 0.494 e. The van der Waals surface area contributed by atoms with E-state index in [9.17, 15) is 18.0 Å². The third-order valence-corrected chi connectivity index (χ3v) is 9.13. The van der Waals surface area contributed by atoms with Gasteiger partial charge in [-0.1, -0.05) is 30.3 Å². The molecule has 2 amide bonds.